The molecule has 1 aliphatic heterocycles. The molecule has 2 nitrogen and oxygen atoms in total. The number of anilines is 1. The van der Waals surface area contributed by atoms with Crippen LogP contribution in [0.15, 0.2) is 40.9 Å². The Morgan fingerprint density at radius 3 is 2.95 bits per heavy atom. The van der Waals surface area contributed by atoms with E-state index in [-0.39, 0.29) is 0 Å². The summed E-state index contributed by atoms with van der Waals surface area (Å²) in [6, 6.07) is 13.2. The number of aryl methyl sites for hydroxylation is 1. The first kappa shape index (κ1) is 14.5. The van der Waals surface area contributed by atoms with E-state index in [9.17, 15) is 0 Å². The van der Waals surface area contributed by atoms with Crippen molar-refractivity contribution >= 4 is 21.6 Å². The molecule has 21 heavy (non-hydrogen) atoms. The SMILES string of the molecule is CCC(Nc1cccc(C)c1Br)c1ccc2c(c1)CCO2. The Bertz CT molecular complexity index is 654. The normalized spacial score (nSPS) is 14.4. The molecule has 3 heteroatoms. The molecular weight excluding hydrogens is 326 g/mol. The third kappa shape index (κ3) is 2.93. The second-order valence-electron chi connectivity index (χ2n) is 5.51. The predicted octanol–water partition coefficient (Wildman–Crippen LogP) is 5.26. The molecule has 0 bridgehead atoms. The summed E-state index contributed by atoms with van der Waals surface area (Å²) in [5, 5.41) is 3.66. The third-order valence-corrected chi connectivity index (χ3v) is 5.10. The van der Waals surface area contributed by atoms with Crippen LogP contribution in [-0.2, 0) is 6.42 Å². The van der Waals surface area contributed by atoms with Gasteiger partial charge in [0.1, 0.15) is 5.75 Å². The highest BCUT2D eigenvalue weighted by atomic mass is 79.9. The van der Waals surface area contributed by atoms with Crippen LogP contribution in [0.3, 0.4) is 0 Å². The van der Waals surface area contributed by atoms with Crippen LogP contribution < -0.4 is 10.1 Å². The van der Waals surface area contributed by atoms with Crippen molar-refractivity contribution in [2.45, 2.75) is 32.7 Å². The van der Waals surface area contributed by atoms with Crippen molar-refractivity contribution in [1.82, 2.24) is 0 Å². The van der Waals surface area contributed by atoms with Crippen molar-refractivity contribution < 1.29 is 4.74 Å². The number of ether oxygens (including phenoxy) is 1. The Morgan fingerprint density at radius 2 is 2.14 bits per heavy atom. The standard InChI is InChI=1S/C18H20BrNO/c1-3-15(20-16-6-4-5-12(2)18(16)19)13-7-8-17-14(11-13)9-10-21-17/h4-8,11,15,20H,3,9-10H2,1-2H3. The third-order valence-electron chi connectivity index (χ3n) is 4.05. The van der Waals surface area contributed by atoms with E-state index in [1.807, 2.05) is 0 Å². The van der Waals surface area contributed by atoms with Crippen LogP contribution in [-0.4, -0.2) is 6.61 Å². The molecule has 0 amide bonds. The van der Waals surface area contributed by atoms with Crippen molar-refractivity contribution in [2.24, 2.45) is 0 Å². The number of hydrogen-bond donors (Lipinski definition) is 1. The van der Waals surface area contributed by atoms with E-state index in [4.69, 9.17) is 4.74 Å². The Morgan fingerprint density at radius 1 is 1.29 bits per heavy atom. The van der Waals surface area contributed by atoms with Gasteiger partial charge < -0.3 is 10.1 Å². The van der Waals surface area contributed by atoms with Crippen molar-refractivity contribution in [3.8, 4) is 5.75 Å². The van der Waals surface area contributed by atoms with E-state index in [1.165, 1.54) is 16.7 Å². The summed E-state index contributed by atoms with van der Waals surface area (Å²) in [5.74, 6) is 1.05. The van der Waals surface area contributed by atoms with Gasteiger partial charge in [0.05, 0.1) is 12.6 Å². The summed E-state index contributed by atoms with van der Waals surface area (Å²) in [6.07, 6.45) is 2.06. The molecule has 0 aliphatic carbocycles. The number of hydrogen-bond acceptors (Lipinski definition) is 2. The van der Waals surface area contributed by atoms with Crippen molar-refractivity contribution in [3.05, 3.63) is 57.6 Å². The zero-order valence-corrected chi connectivity index (χ0v) is 14.0. The van der Waals surface area contributed by atoms with Gasteiger partial charge in [0.2, 0.25) is 0 Å². The summed E-state index contributed by atoms with van der Waals surface area (Å²) in [7, 11) is 0. The molecule has 2 aromatic carbocycles. The molecule has 1 aliphatic rings. The first-order valence-electron chi connectivity index (χ1n) is 7.46. The van der Waals surface area contributed by atoms with Gasteiger partial charge in [0.15, 0.2) is 0 Å². The van der Waals surface area contributed by atoms with Crippen molar-refractivity contribution in [2.75, 3.05) is 11.9 Å². The van der Waals surface area contributed by atoms with Gasteiger partial charge in [0.25, 0.3) is 0 Å². The zero-order valence-electron chi connectivity index (χ0n) is 12.4. The zero-order chi connectivity index (χ0) is 14.8. The van der Waals surface area contributed by atoms with E-state index in [1.54, 1.807) is 0 Å². The minimum atomic E-state index is 0.314. The summed E-state index contributed by atoms with van der Waals surface area (Å²) in [5.41, 5.74) is 5.06. The average molecular weight is 346 g/mol. The van der Waals surface area contributed by atoms with Crippen LogP contribution in [0.25, 0.3) is 0 Å². The van der Waals surface area contributed by atoms with Crippen LogP contribution in [0.4, 0.5) is 5.69 Å². The number of nitrogens with one attached hydrogen (secondary N) is 1. The first-order valence-corrected chi connectivity index (χ1v) is 8.25. The highest BCUT2D eigenvalue weighted by Crippen LogP contribution is 2.33. The fourth-order valence-corrected chi connectivity index (χ4v) is 3.17. The van der Waals surface area contributed by atoms with Gasteiger partial charge in [-0.05, 0) is 64.2 Å². The minimum absolute atomic E-state index is 0.314. The summed E-state index contributed by atoms with van der Waals surface area (Å²) < 4.78 is 6.74. The van der Waals surface area contributed by atoms with E-state index in [0.29, 0.717) is 6.04 Å². The maximum Gasteiger partial charge on any atom is 0.122 e. The molecule has 2 aromatic rings. The Labute approximate surface area is 134 Å². The molecule has 1 atom stereocenters. The lowest BCUT2D eigenvalue weighted by Crippen LogP contribution is -2.10. The minimum Gasteiger partial charge on any atom is -0.493 e. The molecule has 0 fully saturated rings. The lowest BCUT2D eigenvalue weighted by Gasteiger charge is -2.21. The summed E-state index contributed by atoms with van der Waals surface area (Å²) in [4.78, 5) is 0. The molecule has 0 aromatic heterocycles. The maximum atomic E-state index is 5.59. The fourth-order valence-electron chi connectivity index (χ4n) is 2.79. The second kappa shape index (κ2) is 6.10. The molecule has 110 valence electrons. The first-order chi connectivity index (χ1) is 10.2. The van der Waals surface area contributed by atoms with Crippen molar-refractivity contribution in [1.29, 1.82) is 0 Å². The fraction of sp³-hybridized carbons (Fsp3) is 0.333. The molecule has 0 radical (unpaired) electrons. The molecule has 3 rings (SSSR count). The Kier molecular flexibility index (Phi) is 4.20. The lowest BCUT2D eigenvalue weighted by atomic mass is 10.0. The smallest absolute Gasteiger partial charge is 0.122 e. The highest BCUT2D eigenvalue weighted by molar-refractivity contribution is 9.10. The topological polar surface area (TPSA) is 21.3 Å². The van der Waals surface area contributed by atoms with Gasteiger partial charge >= 0.3 is 0 Å². The van der Waals surface area contributed by atoms with E-state index in [2.05, 4.69) is 71.5 Å². The second-order valence-corrected chi connectivity index (χ2v) is 6.30. The summed E-state index contributed by atoms with van der Waals surface area (Å²) >= 11 is 3.68. The number of halogens is 1. The predicted molar refractivity (Wildman–Crippen MR) is 91.2 cm³/mol. The quantitative estimate of drug-likeness (QED) is 0.816. The Balaban J connectivity index is 1.87. The lowest BCUT2D eigenvalue weighted by molar-refractivity contribution is 0.357. The van der Waals surface area contributed by atoms with Crippen LogP contribution in [0, 0.1) is 6.92 Å². The molecule has 0 spiro atoms. The number of rotatable bonds is 4. The highest BCUT2D eigenvalue weighted by Gasteiger charge is 2.16. The molecule has 1 N–H and O–H groups in total. The van der Waals surface area contributed by atoms with Gasteiger partial charge in [-0.2, -0.15) is 0 Å². The van der Waals surface area contributed by atoms with Crippen LogP contribution in [0.2, 0.25) is 0 Å². The number of fused-ring (bicyclic) bond motifs is 1. The molecule has 1 unspecified atom stereocenters. The number of benzene rings is 2. The van der Waals surface area contributed by atoms with E-state index >= 15 is 0 Å². The van der Waals surface area contributed by atoms with Gasteiger partial charge in [0, 0.05) is 16.6 Å². The van der Waals surface area contributed by atoms with E-state index in [0.717, 1.165) is 35.4 Å². The summed E-state index contributed by atoms with van der Waals surface area (Å²) in [6.45, 7) is 5.14. The van der Waals surface area contributed by atoms with Gasteiger partial charge in [-0.1, -0.05) is 25.1 Å². The van der Waals surface area contributed by atoms with Gasteiger partial charge in [-0.25, -0.2) is 0 Å². The van der Waals surface area contributed by atoms with Crippen LogP contribution >= 0.6 is 15.9 Å². The van der Waals surface area contributed by atoms with Crippen molar-refractivity contribution in [3.63, 3.8) is 0 Å². The average Bonchev–Trinajstić information content (AvgIpc) is 2.96. The maximum absolute atomic E-state index is 5.59. The molecule has 0 saturated carbocycles. The molecule has 1 heterocycles. The van der Waals surface area contributed by atoms with Crippen LogP contribution in [0.5, 0.6) is 5.75 Å². The van der Waals surface area contributed by atoms with Gasteiger partial charge in [-0.3, -0.25) is 0 Å². The van der Waals surface area contributed by atoms with Gasteiger partial charge in [-0.15, -0.1) is 0 Å². The monoisotopic (exact) mass is 345 g/mol. The van der Waals surface area contributed by atoms with Crippen LogP contribution in [0.1, 0.15) is 36.1 Å². The Hall–Kier alpha value is -1.48. The largest absolute Gasteiger partial charge is 0.493 e. The molecular formula is C18H20BrNO. The van der Waals surface area contributed by atoms with E-state index < -0.39 is 0 Å². The molecule has 0 saturated heterocycles.